The van der Waals surface area contributed by atoms with Crippen molar-refractivity contribution in [2.24, 2.45) is 0 Å². The minimum Gasteiger partial charge on any atom is -0.494 e. The van der Waals surface area contributed by atoms with Gasteiger partial charge in [0.15, 0.2) is 6.61 Å². The molecule has 0 saturated carbocycles. The molecular formula is C24H29N3O4. The fraction of sp³-hybridized carbons (Fsp3) is 0.375. The van der Waals surface area contributed by atoms with Crippen molar-refractivity contribution in [3.63, 3.8) is 0 Å². The number of rotatable bonds is 11. The van der Waals surface area contributed by atoms with Crippen LogP contribution in [-0.2, 0) is 9.53 Å². The van der Waals surface area contributed by atoms with Crippen molar-refractivity contribution in [2.75, 3.05) is 42.6 Å². The summed E-state index contributed by atoms with van der Waals surface area (Å²) in [6.07, 6.45) is 0.166. The molecule has 7 heteroatoms. The summed E-state index contributed by atoms with van der Waals surface area (Å²) in [7, 11) is 0. The van der Waals surface area contributed by atoms with Gasteiger partial charge in [0.1, 0.15) is 5.75 Å². The molecular weight excluding hydrogens is 394 g/mol. The lowest BCUT2D eigenvalue weighted by molar-refractivity contribution is -0.121. The maximum absolute atomic E-state index is 12.7. The Bertz CT molecular complexity index is 885. The molecule has 31 heavy (non-hydrogen) atoms. The first-order valence-corrected chi connectivity index (χ1v) is 10.5. The van der Waals surface area contributed by atoms with E-state index in [1.165, 1.54) is 4.90 Å². The van der Waals surface area contributed by atoms with E-state index in [1.54, 1.807) is 36.4 Å². The zero-order chi connectivity index (χ0) is 22.6. The molecule has 0 N–H and O–H groups in total. The summed E-state index contributed by atoms with van der Waals surface area (Å²) < 4.78 is 10.7. The number of anilines is 2. The Kier molecular flexibility index (Phi) is 9.37. The number of amides is 1. The summed E-state index contributed by atoms with van der Waals surface area (Å²) in [5.74, 6) is -0.266. The second-order valence-electron chi connectivity index (χ2n) is 6.68. The monoisotopic (exact) mass is 423 g/mol. The molecule has 0 aromatic heterocycles. The predicted octanol–water partition coefficient (Wildman–Crippen LogP) is 4.04. The standard InChI is InChI=1S/C24H29N3O4/c1-4-26(5-2)20-10-8-19(9-11-20)24(29)31-18-23(28)27(17-7-16-25)21-12-14-22(15-13-21)30-6-3/h8-15H,4-7,17-18H2,1-3H3. The summed E-state index contributed by atoms with van der Waals surface area (Å²) >= 11 is 0. The molecule has 0 unspecified atom stereocenters. The van der Waals surface area contributed by atoms with Crippen LogP contribution in [0.5, 0.6) is 5.75 Å². The summed E-state index contributed by atoms with van der Waals surface area (Å²) in [6.45, 7) is 8.12. The molecule has 0 aliphatic heterocycles. The Balaban J connectivity index is 2.02. The number of hydrogen-bond donors (Lipinski definition) is 0. The molecule has 0 atom stereocenters. The van der Waals surface area contributed by atoms with Crippen LogP contribution in [0, 0.1) is 11.3 Å². The molecule has 7 nitrogen and oxygen atoms in total. The van der Waals surface area contributed by atoms with Gasteiger partial charge in [-0.05, 0) is 69.3 Å². The van der Waals surface area contributed by atoms with E-state index in [0.29, 0.717) is 23.6 Å². The molecule has 0 radical (unpaired) electrons. The van der Waals surface area contributed by atoms with Gasteiger partial charge in [0, 0.05) is 31.0 Å². The third kappa shape index (κ3) is 6.75. The van der Waals surface area contributed by atoms with Crippen LogP contribution >= 0.6 is 0 Å². The van der Waals surface area contributed by atoms with E-state index >= 15 is 0 Å². The van der Waals surface area contributed by atoms with Gasteiger partial charge >= 0.3 is 5.97 Å². The van der Waals surface area contributed by atoms with Gasteiger partial charge in [0.2, 0.25) is 0 Å². The zero-order valence-electron chi connectivity index (χ0n) is 18.3. The number of benzene rings is 2. The van der Waals surface area contributed by atoms with Crippen LogP contribution in [0.1, 0.15) is 37.6 Å². The fourth-order valence-electron chi connectivity index (χ4n) is 3.13. The number of hydrogen-bond acceptors (Lipinski definition) is 6. The van der Waals surface area contributed by atoms with E-state index in [0.717, 1.165) is 18.8 Å². The van der Waals surface area contributed by atoms with Gasteiger partial charge in [-0.1, -0.05) is 0 Å². The number of nitrogens with zero attached hydrogens (tertiary/aromatic N) is 3. The van der Waals surface area contributed by atoms with Gasteiger partial charge in [-0.2, -0.15) is 5.26 Å². The third-order valence-corrected chi connectivity index (χ3v) is 4.77. The average Bonchev–Trinajstić information content (AvgIpc) is 2.80. The summed E-state index contributed by atoms with van der Waals surface area (Å²) in [4.78, 5) is 28.7. The smallest absolute Gasteiger partial charge is 0.338 e. The lowest BCUT2D eigenvalue weighted by atomic mass is 10.2. The number of carbonyl (C=O) groups is 2. The molecule has 2 aromatic carbocycles. The molecule has 0 saturated heterocycles. The highest BCUT2D eigenvalue weighted by Crippen LogP contribution is 2.20. The molecule has 164 valence electrons. The average molecular weight is 424 g/mol. The van der Waals surface area contributed by atoms with Crippen molar-refractivity contribution in [1.82, 2.24) is 0 Å². The molecule has 0 bridgehead atoms. The zero-order valence-corrected chi connectivity index (χ0v) is 18.3. The van der Waals surface area contributed by atoms with Crippen LogP contribution in [-0.4, -0.2) is 44.7 Å². The maximum Gasteiger partial charge on any atom is 0.338 e. The third-order valence-electron chi connectivity index (χ3n) is 4.77. The van der Waals surface area contributed by atoms with E-state index in [4.69, 9.17) is 14.7 Å². The van der Waals surface area contributed by atoms with E-state index < -0.39 is 18.5 Å². The Morgan fingerprint density at radius 2 is 1.55 bits per heavy atom. The minimum absolute atomic E-state index is 0.166. The Labute approximate surface area is 183 Å². The highest BCUT2D eigenvalue weighted by atomic mass is 16.5. The summed E-state index contributed by atoms with van der Waals surface area (Å²) in [5, 5.41) is 8.93. The van der Waals surface area contributed by atoms with Crippen molar-refractivity contribution in [2.45, 2.75) is 27.2 Å². The first kappa shape index (κ1) is 23.7. The summed E-state index contributed by atoms with van der Waals surface area (Å²) in [6, 6.07) is 16.2. The van der Waals surface area contributed by atoms with Crippen molar-refractivity contribution in [1.29, 1.82) is 5.26 Å². The largest absolute Gasteiger partial charge is 0.494 e. The topological polar surface area (TPSA) is 82.9 Å². The van der Waals surface area contributed by atoms with Gasteiger partial charge in [-0.15, -0.1) is 0 Å². The number of carbonyl (C=O) groups excluding carboxylic acids is 2. The molecule has 2 rings (SSSR count). The van der Waals surface area contributed by atoms with Crippen molar-refractivity contribution in [3.05, 3.63) is 54.1 Å². The first-order chi connectivity index (χ1) is 15.0. The van der Waals surface area contributed by atoms with Gasteiger partial charge in [0.05, 0.1) is 24.7 Å². The van der Waals surface area contributed by atoms with E-state index in [9.17, 15) is 9.59 Å². The van der Waals surface area contributed by atoms with Crippen LogP contribution in [0.25, 0.3) is 0 Å². The first-order valence-electron chi connectivity index (χ1n) is 10.5. The van der Waals surface area contributed by atoms with E-state index in [1.807, 2.05) is 25.1 Å². The molecule has 0 aliphatic carbocycles. The number of esters is 1. The van der Waals surface area contributed by atoms with Crippen LogP contribution < -0.4 is 14.5 Å². The molecule has 0 aliphatic rings. The van der Waals surface area contributed by atoms with Gasteiger partial charge < -0.3 is 19.3 Å². The SMILES string of the molecule is CCOc1ccc(N(CCC#N)C(=O)COC(=O)c2ccc(N(CC)CC)cc2)cc1. The van der Waals surface area contributed by atoms with Gasteiger partial charge in [0.25, 0.3) is 5.91 Å². The Hall–Kier alpha value is -3.53. The van der Waals surface area contributed by atoms with Crippen LogP contribution in [0.3, 0.4) is 0 Å². The highest BCUT2D eigenvalue weighted by Gasteiger charge is 2.18. The number of ether oxygens (including phenoxy) is 2. The Morgan fingerprint density at radius 3 is 2.10 bits per heavy atom. The maximum atomic E-state index is 12.7. The summed E-state index contributed by atoms with van der Waals surface area (Å²) in [5.41, 5.74) is 2.02. The fourth-order valence-corrected chi connectivity index (χ4v) is 3.13. The van der Waals surface area contributed by atoms with Crippen LogP contribution in [0.2, 0.25) is 0 Å². The molecule has 2 aromatic rings. The Morgan fingerprint density at radius 1 is 0.935 bits per heavy atom. The van der Waals surface area contributed by atoms with Gasteiger partial charge in [-0.25, -0.2) is 4.79 Å². The minimum atomic E-state index is -0.564. The second-order valence-corrected chi connectivity index (χ2v) is 6.68. The highest BCUT2D eigenvalue weighted by molar-refractivity contribution is 5.97. The molecule has 0 spiro atoms. The lowest BCUT2D eigenvalue weighted by Crippen LogP contribution is -2.35. The van der Waals surface area contributed by atoms with Crippen LogP contribution in [0.15, 0.2) is 48.5 Å². The van der Waals surface area contributed by atoms with Crippen molar-refractivity contribution < 1.29 is 19.1 Å². The van der Waals surface area contributed by atoms with Crippen molar-refractivity contribution >= 4 is 23.3 Å². The normalized spacial score (nSPS) is 10.1. The quantitative estimate of drug-likeness (QED) is 0.508. The van der Waals surface area contributed by atoms with Crippen molar-refractivity contribution in [3.8, 4) is 11.8 Å². The van der Waals surface area contributed by atoms with Gasteiger partial charge in [-0.3, -0.25) is 4.79 Å². The van der Waals surface area contributed by atoms with E-state index in [2.05, 4.69) is 18.7 Å². The van der Waals surface area contributed by atoms with E-state index in [-0.39, 0.29) is 13.0 Å². The molecule has 1 amide bonds. The predicted molar refractivity (Wildman–Crippen MR) is 120 cm³/mol. The van der Waals surface area contributed by atoms with Crippen LogP contribution in [0.4, 0.5) is 11.4 Å². The second kappa shape index (κ2) is 12.2. The number of nitriles is 1. The molecule has 0 heterocycles. The lowest BCUT2D eigenvalue weighted by Gasteiger charge is -2.22. The molecule has 0 fully saturated rings.